The third kappa shape index (κ3) is 5.05. The molecule has 178 valence electrons. The Morgan fingerprint density at radius 1 is 1.00 bits per heavy atom. The monoisotopic (exact) mass is 481 g/mol. The van der Waals surface area contributed by atoms with Crippen LogP contribution in [-0.2, 0) is 0 Å². The third-order valence-electron chi connectivity index (χ3n) is 6.37. The summed E-state index contributed by atoms with van der Waals surface area (Å²) in [5.74, 6) is 1.58. The Bertz CT molecular complexity index is 1140. The highest BCUT2D eigenvalue weighted by molar-refractivity contribution is 6.31. The van der Waals surface area contributed by atoms with E-state index >= 15 is 0 Å². The van der Waals surface area contributed by atoms with E-state index in [1.54, 1.807) is 6.07 Å². The zero-order valence-electron chi connectivity index (χ0n) is 19.0. The molecule has 0 bridgehead atoms. The van der Waals surface area contributed by atoms with Crippen LogP contribution in [0.3, 0.4) is 0 Å². The second-order valence-electron chi connectivity index (χ2n) is 8.63. The van der Waals surface area contributed by atoms with E-state index in [1.807, 2.05) is 42.5 Å². The summed E-state index contributed by atoms with van der Waals surface area (Å²) < 4.78 is 16.7. The molecule has 1 aromatic heterocycles. The summed E-state index contributed by atoms with van der Waals surface area (Å²) in [7, 11) is 0. The molecule has 7 nitrogen and oxygen atoms in total. The minimum atomic E-state index is -0.278. The van der Waals surface area contributed by atoms with Crippen LogP contribution in [0.15, 0.2) is 53.1 Å². The van der Waals surface area contributed by atoms with Gasteiger partial charge in [-0.1, -0.05) is 47.8 Å². The van der Waals surface area contributed by atoms with Crippen LogP contribution in [-0.4, -0.2) is 48.8 Å². The molecule has 3 aromatic rings. The number of likely N-dealkylation sites (tertiary alicyclic amines) is 1. The molecule has 1 saturated heterocycles. The molecule has 8 heteroatoms. The first-order chi connectivity index (χ1) is 16.7. The van der Waals surface area contributed by atoms with Crippen molar-refractivity contribution >= 4 is 17.5 Å². The average Bonchev–Trinajstić information content (AvgIpc) is 3.22. The maximum atomic E-state index is 13.0. The molecule has 0 radical (unpaired) electrons. The van der Waals surface area contributed by atoms with Gasteiger partial charge in [-0.25, -0.2) is 0 Å². The molecule has 2 aliphatic rings. The zero-order valence-corrected chi connectivity index (χ0v) is 19.7. The average molecular weight is 482 g/mol. The molecule has 2 aromatic carbocycles. The van der Waals surface area contributed by atoms with Crippen LogP contribution in [0.2, 0.25) is 5.02 Å². The summed E-state index contributed by atoms with van der Waals surface area (Å²) in [4.78, 5) is 15.4. The first-order valence-corrected chi connectivity index (χ1v) is 12.2. The quantitative estimate of drug-likeness (QED) is 0.527. The van der Waals surface area contributed by atoms with Crippen molar-refractivity contribution in [2.45, 2.75) is 31.7 Å². The van der Waals surface area contributed by atoms with Crippen molar-refractivity contribution in [1.29, 1.82) is 0 Å². The van der Waals surface area contributed by atoms with Gasteiger partial charge in [-0.2, -0.15) is 0 Å². The molecule has 1 N–H and O–H groups in total. The number of fused-ring (bicyclic) bond motifs is 1. The molecule has 0 saturated carbocycles. The number of hydrogen-bond acceptors (Lipinski definition) is 6. The van der Waals surface area contributed by atoms with Gasteiger partial charge in [0, 0.05) is 23.2 Å². The Kier molecular flexibility index (Phi) is 7.02. The second kappa shape index (κ2) is 10.5. The first-order valence-electron chi connectivity index (χ1n) is 11.8. The Morgan fingerprint density at radius 3 is 2.56 bits per heavy atom. The highest BCUT2D eigenvalue weighted by Crippen LogP contribution is 2.35. The molecule has 0 aliphatic carbocycles. The van der Waals surface area contributed by atoms with Crippen molar-refractivity contribution in [2.75, 3.05) is 32.8 Å². The fourth-order valence-electron chi connectivity index (χ4n) is 4.58. The van der Waals surface area contributed by atoms with Crippen LogP contribution < -0.4 is 14.8 Å². The van der Waals surface area contributed by atoms with E-state index in [0.29, 0.717) is 42.0 Å². The molecule has 0 spiro atoms. The molecule has 1 amide bonds. The molecule has 1 atom stereocenters. The van der Waals surface area contributed by atoms with Crippen LogP contribution in [0, 0.1) is 0 Å². The topological polar surface area (TPSA) is 76.8 Å². The molecule has 2 aliphatic heterocycles. The number of nitrogens with zero attached hydrogens (tertiary/aromatic N) is 2. The van der Waals surface area contributed by atoms with E-state index in [2.05, 4.69) is 15.4 Å². The van der Waals surface area contributed by atoms with Crippen molar-refractivity contribution < 1.29 is 18.8 Å². The SMILES string of the molecule is O=C(NC[C@H](c1ccccc1Cl)N1CCCCCC1)c1cc(-c2ccc3c(c2)OCCO3)on1. The zero-order chi connectivity index (χ0) is 23.3. The van der Waals surface area contributed by atoms with Gasteiger partial charge in [0.1, 0.15) is 13.2 Å². The fourth-order valence-corrected chi connectivity index (χ4v) is 4.84. The Morgan fingerprint density at radius 2 is 1.76 bits per heavy atom. The minimum absolute atomic E-state index is 0.0000777. The van der Waals surface area contributed by atoms with Crippen molar-refractivity contribution in [1.82, 2.24) is 15.4 Å². The molecule has 1 fully saturated rings. The Labute approximate surface area is 204 Å². The van der Waals surface area contributed by atoms with Gasteiger partial charge in [0.15, 0.2) is 23.0 Å². The van der Waals surface area contributed by atoms with Gasteiger partial charge in [0.25, 0.3) is 5.91 Å². The van der Waals surface area contributed by atoms with E-state index < -0.39 is 0 Å². The third-order valence-corrected chi connectivity index (χ3v) is 6.72. The maximum absolute atomic E-state index is 13.0. The van der Waals surface area contributed by atoms with Gasteiger partial charge >= 0.3 is 0 Å². The van der Waals surface area contributed by atoms with Gasteiger partial charge in [0.2, 0.25) is 0 Å². The number of halogens is 1. The number of hydrogen-bond donors (Lipinski definition) is 1. The summed E-state index contributed by atoms with van der Waals surface area (Å²) >= 11 is 6.55. The van der Waals surface area contributed by atoms with Gasteiger partial charge in [0.05, 0.1) is 6.04 Å². The number of ether oxygens (including phenoxy) is 2. The van der Waals surface area contributed by atoms with Gasteiger partial charge in [-0.3, -0.25) is 9.69 Å². The summed E-state index contributed by atoms with van der Waals surface area (Å²) in [5, 5.41) is 7.77. The molecule has 5 rings (SSSR count). The number of carbonyl (C=O) groups excluding carboxylic acids is 1. The van der Waals surface area contributed by atoms with Crippen molar-refractivity contribution in [2.24, 2.45) is 0 Å². The van der Waals surface area contributed by atoms with Crippen LogP contribution in [0.25, 0.3) is 11.3 Å². The summed E-state index contributed by atoms with van der Waals surface area (Å²) in [5.41, 5.74) is 2.04. The first kappa shape index (κ1) is 22.7. The van der Waals surface area contributed by atoms with Crippen LogP contribution in [0.5, 0.6) is 11.5 Å². The van der Waals surface area contributed by atoms with E-state index in [9.17, 15) is 4.79 Å². The van der Waals surface area contributed by atoms with Gasteiger partial charge in [-0.15, -0.1) is 0 Å². The summed E-state index contributed by atoms with van der Waals surface area (Å²) in [6.07, 6.45) is 4.77. The summed E-state index contributed by atoms with van der Waals surface area (Å²) in [6, 6.07) is 15.1. The van der Waals surface area contributed by atoms with E-state index in [-0.39, 0.29) is 17.6 Å². The van der Waals surface area contributed by atoms with Crippen molar-refractivity contribution in [3.8, 4) is 22.8 Å². The molecular weight excluding hydrogens is 454 g/mol. The largest absolute Gasteiger partial charge is 0.486 e. The van der Waals surface area contributed by atoms with Crippen molar-refractivity contribution in [3.05, 3.63) is 64.8 Å². The lowest BCUT2D eigenvalue weighted by Gasteiger charge is -2.31. The summed E-state index contributed by atoms with van der Waals surface area (Å²) in [6.45, 7) is 3.46. The van der Waals surface area contributed by atoms with E-state index in [0.717, 1.165) is 37.1 Å². The Balaban J connectivity index is 1.30. The number of amides is 1. The number of nitrogens with one attached hydrogen (secondary N) is 1. The Hall–Kier alpha value is -3.03. The minimum Gasteiger partial charge on any atom is -0.486 e. The number of carbonyl (C=O) groups is 1. The maximum Gasteiger partial charge on any atom is 0.273 e. The standard InChI is InChI=1S/C26H28ClN3O4/c27-20-8-4-3-7-19(20)22(30-11-5-1-2-6-12-30)17-28-26(31)21-16-24(34-29-21)18-9-10-23-25(15-18)33-14-13-32-23/h3-4,7-10,15-16,22H,1-2,5-6,11-14,17H2,(H,28,31)/t22-/m1/s1. The lowest BCUT2D eigenvalue weighted by molar-refractivity contribution is 0.0924. The molecule has 0 unspecified atom stereocenters. The second-order valence-corrected chi connectivity index (χ2v) is 9.04. The van der Waals surface area contributed by atoms with Crippen LogP contribution in [0.4, 0.5) is 0 Å². The van der Waals surface area contributed by atoms with E-state index in [1.165, 1.54) is 12.8 Å². The van der Waals surface area contributed by atoms with Gasteiger partial charge < -0.3 is 19.3 Å². The van der Waals surface area contributed by atoms with Crippen LogP contribution in [0.1, 0.15) is 47.8 Å². The van der Waals surface area contributed by atoms with E-state index in [4.69, 9.17) is 25.6 Å². The van der Waals surface area contributed by atoms with Gasteiger partial charge in [-0.05, 0) is 55.8 Å². The highest BCUT2D eigenvalue weighted by atomic mass is 35.5. The predicted molar refractivity (Wildman–Crippen MR) is 129 cm³/mol. The lowest BCUT2D eigenvalue weighted by atomic mass is 10.0. The highest BCUT2D eigenvalue weighted by Gasteiger charge is 2.25. The lowest BCUT2D eigenvalue weighted by Crippen LogP contribution is -2.39. The smallest absolute Gasteiger partial charge is 0.273 e. The predicted octanol–water partition coefficient (Wildman–Crippen LogP) is 5.11. The normalized spacial score (nSPS) is 17.1. The number of benzene rings is 2. The fraction of sp³-hybridized carbons (Fsp3) is 0.385. The molecule has 34 heavy (non-hydrogen) atoms. The van der Waals surface area contributed by atoms with Crippen molar-refractivity contribution in [3.63, 3.8) is 0 Å². The number of aromatic nitrogens is 1. The van der Waals surface area contributed by atoms with Crippen LogP contribution >= 0.6 is 11.6 Å². The molecule has 3 heterocycles. The molecular formula is C26H28ClN3O4. The number of rotatable bonds is 6.